The van der Waals surface area contributed by atoms with Crippen LogP contribution in [0.5, 0.6) is 5.75 Å². The van der Waals surface area contributed by atoms with E-state index >= 15 is 0 Å². The molecule has 0 aliphatic heterocycles. The lowest BCUT2D eigenvalue weighted by Crippen LogP contribution is -2.08. The number of hydrogen-bond donors (Lipinski definition) is 1. The Morgan fingerprint density at radius 2 is 1.62 bits per heavy atom. The van der Waals surface area contributed by atoms with Crippen LogP contribution in [0.15, 0.2) is 81.0 Å². The van der Waals surface area contributed by atoms with Crippen LogP contribution in [0.4, 0.5) is 0 Å². The molecule has 2 aromatic carbocycles. The van der Waals surface area contributed by atoms with Gasteiger partial charge >= 0.3 is 5.97 Å². The number of nitrogens with zero attached hydrogens (tertiary/aromatic N) is 1. The van der Waals surface area contributed by atoms with E-state index in [1.54, 1.807) is 30.3 Å². The van der Waals surface area contributed by atoms with Crippen molar-refractivity contribution in [1.29, 1.82) is 0 Å². The number of oxime groups is 1. The van der Waals surface area contributed by atoms with Gasteiger partial charge < -0.3 is 14.4 Å². The molecule has 24 heavy (non-hydrogen) atoms. The summed E-state index contributed by atoms with van der Waals surface area (Å²) in [4.78, 5) is 11.9. The molecule has 0 bridgehead atoms. The van der Waals surface area contributed by atoms with Gasteiger partial charge in [0.15, 0.2) is 4.67 Å². The number of carbonyl (C=O) groups excluding carboxylic acids is 1. The molecule has 0 fully saturated rings. The highest BCUT2D eigenvalue weighted by molar-refractivity contribution is 9.10. The van der Waals surface area contributed by atoms with Gasteiger partial charge in [0.25, 0.3) is 0 Å². The maximum Gasteiger partial charge on any atom is 0.379 e. The monoisotopic (exact) mass is 385 g/mol. The van der Waals surface area contributed by atoms with Crippen molar-refractivity contribution in [1.82, 2.24) is 0 Å². The van der Waals surface area contributed by atoms with Gasteiger partial charge in [-0.15, -0.1) is 0 Å². The summed E-state index contributed by atoms with van der Waals surface area (Å²) in [5.74, 6) is -0.123. The smallest absolute Gasteiger partial charge is 0.379 e. The summed E-state index contributed by atoms with van der Waals surface area (Å²) in [6.07, 6.45) is 0. The molecular weight excluding hydrogens is 374 g/mol. The molecule has 120 valence electrons. The van der Waals surface area contributed by atoms with Crippen molar-refractivity contribution >= 4 is 27.6 Å². The Morgan fingerprint density at radius 3 is 2.21 bits per heavy atom. The molecule has 0 spiro atoms. The summed E-state index contributed by atoms with van der Waals surface area (Å²) in [5.41, 5.74) is 1.91. The summed E-state index contributed by atoms with van der Waals surface area (Å²) in [6.45, 7) is 0. The van der Waals surface area contributed by atoms with E-state index in [1.807, 2.05) is 30.3 Å². The van der Waals surface area contributed by atoms with Gasteiger partial charge in [-0.25, -0.2) is 4.79 Å². The van der Waals surface area contributed by atoms with Gasteiger partial charge in [0.05, 0.1) is 0 Å². The molecule has 0 aliphatic carbocycles. The number of benzene rings is 2. The van der Waals surface area contributed by atoms with E-state index in [2.05, 4.69) is 21.1 Å². The molecule has 1 N–H and O–H groups in total. The Kier molecular flexibility index (Phi) is 4.77. The highest BCUT2D eigenvalue weighted by Crippen LogP contribution is 2.19. The van der Waals surface area contributed by atoms with Crippen molar-refractivity contribution in [2.75, 3.05) is 0 Å². The zero-order chi connectivity index (χ0) is 16.9. The third-order valence-corrected chi connectivity index (χ3v) is 3.69. The minimum Gasteiger partial charge on any atom is -0.442 e. The van der Waals surface area contributed by atoms with Crippen LogP contribution in [0.3, 0.4) is 0 Å². The van der Waals surface area contributed by atoms with Crippen molar-refractivity contribution in [3.63, 3.8) is 0 Å². The Balaban J connectivity index is 1.77. The first kappa shape index (κ1) is 16.0. The number of rotatable bonds is 4. The van der Waals surface area contributed by atoms with Crippen molar-refractivity contribution in [2.45, 2.75) is 0 Å². The molecule has 6 heteroatoms. The number of hydrogen-bond acceptors (Lipinski definition) is 5. The first-order valence-electron chi connectivity index (χ1n) is 7.03. The molecule has 0 amide bonds. The third kappa shape index (κ3) is 3.55. The van der Waals surface area contributed by atoms with Crippen molar-refractivity contribution in [3.8, 4) is 5.75 Å². The highest BCUT2D eigenvalue weighted by atomic mass is 79.9. The Bertz CT molecular complexity index is 870. The zero-order valence-corrected chi connectivity index (χ0v) is 13.9. The lowest BCUT2D eigenvalue weighted by atomic mass is 10.0. The van der Waals surface area contributed by atoms with Crippen LogP contribution < -0.4 is 4.74 Å². The van der Waals surface area contributed by atoms with E-state index < -0.39 is 5.97 Å². The van der Waals surface area contributed by atoms with Gasteiger partial charge in [-0.05, 0) is 52.3 Å². The van der Waals surface area contributed by atoms with E-state index in [0.717, 1.165) is 5.56 Å². The normalized spacial score (nSPS) is 11.3. The molecule has 0 radical (unpaired) electrons. The van der Waals surface area contributed by atoms with E-state index in [-0.39, 0.29) is 5.76 Å². The van der Waals surface area contributed by atoms with E-state index in [9.17, 15) is 10.0 Å². The van der Waals surface area contributed by atoms with Crippen LogP contribution in [0.1, 0.15) is 21.7 Å². The predicted molar refractivity (Wildman–Crippen MR) is 91.7 cm³/mol. The standard InChI is InChI=1S/C18H12BrNO4/c19-16-11-10-15(24-16)18(21)23-14-8-6-13(7-9-14)17(20-22)12-4-2-1-3-5-12/h1-11,22H. The Morgan fingerprint density at radius 1 is 0.958 bits per heavy atom. The van der Waals surface area contributed by atoms with Gasteiger partial charge in [-0.3, -0.25) is 0 Å². The number of ether oxygens (including phenoxy) is 1. The van der Waals surface area contributed by atoms with E-state index in [4.69, 9.17) is 9.15 Å². The summed E-state index contributed by atoms with van der Waals surface area (Å²) >= 11 is 3.13. The molecule has 3 aromatic rings. The number of carbonyl (C=O) groups is 1. The van der Waals surface area contributed by atoms with Gasteiger partial charge in [0.1, 0.15) is 11.5 Å². The van der Waals surface area contributed by atoms with Crippen molar-refractivity contribution in [3.05, 3.63) is 88.3 Å². The summed E-state index contributed by atoms with van der Waals surface area (Å²) in [6, 6.07) is 19.1. The van der Waals surface area contributed by atoms with Gasteiger partial charge in [-0.1, -0.05) is 35.5 Å². The van der Waals surface area contributed by atoms with Crippen LogP contribution in [0.25, 0.3) is 0 Å². The number of esters is 1. The van der Waals surface area contributed by atoms with Gasteiger partial charge in [-0.2, -0.15) is 0 Å². The first-order chi connectivity index (χ1) is 11.7. The molecule has 0 atom stereocenters. The predicted octanol–water partition coefficient (Wildman–Crippen LogP) is 4.49. The second kappa shape index (κ2) is 7.14. The minimum absolute atomic E-state index is 0.104. The molecule has 3 rings (SSSR count). The summed E-state index contributed by atoms with van der Waals surface area (Å²) in [7, 11) is 0. The summed E-state index contributed by atoms with van der Waals surface area (Å²) in [5, 5.41) is 12.6. The van der Waals surface area contributed by atoms with Gasteiger partial charge in [0, 0.05) is 11.1 Å². The lowest BCUT2D eigenvalue weighted by Gasteiger charge is -2.06. The van der Waals surface area contributed by atoms with E-state index in [1.165, 1.54) is 6.07 Å². The van der Waals surface area contributed by atoms with E-state index in [0.29, 0.717) is 21.7 Å². The molecular formula is C18H12BrNO4. The topological polar surface area (TPSA) is 72.0 Å². The lowest BCUT2D eigenvalue weighted by molar-refractivity contribution is 0.0700. The second-order valence-corrected chi connectivity index (χ2v) is 5.61. The quantitative estimate of drug-likeness (QED) is 0.236. The second-order valence-electron chi connectivity index (χ2n) is 4.83. The minimum atomic E-state index is -0.590. The maximum absolute atomic E-state index is 11.9. The molecule has 1 aromatic heterocycles. The molecule has 0 saturated heterocycles. The molecule has 0 saturated carbocycles. The molecule has 1 heterocycles. The average Bonchev–Trinajstić information content (AvgIpc) is 3.05. The Hall–Kier alpha value is -2.86. The first-order valence-corrected chi connectivity index (χ1v) is 7.82. The molecule has 0 unspecified atom stereocenters. The summed E-state index contributed by atoms with van der Waals surface area (Å²) < 4.78 is 10.8. The molecule has 5 nitrogen and oxygen atoms in total. The highest BCUT2D eigenvalue weighted by Gasteiger charge is 2.14. The average molecular weight is 386 g/mol. The zero-order valence-electron chi connectivity index (χ0n) is 12.3. The maximum atomic E-state index is 11.9. The van der Waals surface area contributed by atoms with Crippen LogP contribution >= 0.6 is 15.9 Å². The fourth-order valence-corrected chi connectivity index (χ4v) is 2.45. The number of furan rings is 1. The van der Waals surface area contributed by atoms with Crippen molar-refractivity contribution in [2.24, 2.45) is 5.16 Å². The van der Waals surface area contributed by atoms with Gasteiger partial charge in [0.2, 0.25) is 5.76 Å². The SMILES string of the molecule is O=C(Oc1ccc(C(=NO)c2ccccc2)cc1)c1ccc(Br)o1. The van der Waals surface area contributed by atoms with Crippen molar-refractivity contribution < 1.29 is 19.2 Å². The number of halogens is 1. The fraction of sp³-hybridized carbons (Fsp3) is 0. The third-order valence-electron chi connectivity index (χ3n) is 3.26. The largest absolute Gasteiger partial charge is 0.442 e. The van der Waals surface area contributed by atoms with Crippen LogP contribution in [0, 0.1) is 0 Å². The van der Waals surface area contributed by atoms with Crippen LogP contribution in [-0.2, 0) is 0 Å². The molecule has 0 aliphatic rings. The van der Waals surface area contributed by atoms with Crippen LogP contribution in [-0.4, -0.2) is 16.9 Å². The Labute approximate surface area is 146 Å². The van der Waals surface area contributed by atoms with Crippen LogP contribution in [0.2, 0.25) is 0 Å². The fourth-order valence-electron chi connectivity index (χ4n) is 2.14.